The molecule has 1 amide bonds. The number of fused-ring (bicyclic) bond motifs is 1. The number of carbonyl (C=O) groups excluding carboxylic acids is 1. The Morgan fingerprint density at radius 3 is 3.12 bits per heavy atom. The van der Waals surface area contributed by atoms with Crippen LogP contribution in [0.5, 0.6) is 0 Å². The lowest BCUT2D eigenvalue weighted by atomic mass is 10.0. The Balaban J connectivity index is 1.50. The van der Waals surface area contributed by atoms with Gasteiger partial charge in [-0.2, -0.15) is 0 Å². The molecule has 0 radical (unpaired) electrons. The van der Waals surface area contributed by atoms with E-state index >= 15 is 0 Å². The van der Waals surface area contributed by atoms with Gasteiger partial charge >= 0.3 is 0 Å². The minimum absolute atomic E-state index is 0.0792. The first-order valence-electron chi connectivity index (χ1n) is 8.09. The van der Waals surface area contributed by atoms with Crippen molar-refractivity contribution in [2.45, 2.75) is 18.9 Å². The molecular formula is C18H18N4O2. The molecule has 122 valence electrons. The summed E-state index contributed by atoms with van der Waals surface area (Å²) in [4.78, 5) is 23.1. The molecule has 1 atom stereocenters. The number of hydrogen-bond donors (Lipinski definition) is 1. The van der Waals surface area contributed by atoms with E-state index in [0.29, 0.717) is 5.56 Å². The summed E-state index contributed by atoms with van der Waals surface area (Å²) in [6.45, 7) is 1.67. The largest absolute Gasteiger partial charge is 0.464 e. The highest BCUT2D eigenvalue weighted by atomic mass is 16.3. The topological polar surface area (TPSA) is 71.3 Å². The standard InChI is InChI=1S/C18H18N4O2/c23-18(13-3-1-7-19-11-13)21-14-4-2-9-22(12-14)17-15-6-10-24-16(15)5-8-20-17/h1,3,5-8,10-11,14H,2,4,9,12H2,(H,21,23). The zero-order valence-corrected chi connectivity index (χ0v) is 13.2. The number of piperidine rings is 1. The van der Waals surface area contributed by atoms with Gasteiger partial charge in [0, 0.05) is 37.7 Å². The average molecular weight is 322 g/mol. The van der Waals surface area contributed by atoms with E-state index in [1.807, 2.05) is 12.1 Å². The van der Waals surface area contributed by atoms with E-state index in [1.54, 1.807) is 37.0 Å². The maximum atomic E-state index is 12.3. The molecule has 0 saturated carbocycles. The smallest absolute Gasteiger partial charge is 0.253 e. The Bertz CT molecular complexity index is 846. The van der Waals surface area contributed by atoms with Crippen LogP contribution in [0.4, 0.5) is 5.82 Å². The van der Waals surface area contributed by atoms with Crippen LogP contribution in [0.1, 0.15) is 23.2 Å². The molecule has 4 rings (SSSR count). The summed E-state index contributed by atoms with van der Waals surface area (Å²) in [7, 11) is 0. The van der Waals surface area contributed by atoms with Gasteiger partial charge in [-0.15, -0.1) is 0 Å². The first-order chi connectivity index (χ1) is 11.8. The molecule has 0 aromatic carbocycles. The number of furan rings is 1. The van der Waals surface area contributed by atoms with Crippen LogP contribution in [0, 0.1) is 0 Å². The molecule has 1 N–H and O–H groups in total. The predicted molar refractivity (Wildman–Crippen MR) is 90.9 cm³/mol. The van der Waals surface area contributed by atoms with Crippen molar-refractivity contribution >= 4 is 22.7 Å². The lowest BCUT2D eigenvalue weighted by molar-refractivity contribution is 0.0933. The molecule has 1 unspecified atom stereocenters. The number of anilines is 1. The van der Waals surface area contributed by atoms with Gasteiger partial charge in [0.1, 0.15) is 11.4 Å². The summed E-state index contributed by atoms with van der Waals surface area (Å²) >= 11 is 0. The molecular weight excluding hydrogens is 304 g/mol. The van der Waals surface area contributed by atoms with Gasteiger partial charge < -0.3 is 14.6 Å². The van der Waals surface area contributed by atoms with Gasteiger partial charge in [-0.05, 0) is 37.1 Å². The van der Waals surface area contributed by atoms with Crippen molar-refractivity contribution < 1.29 is 9.21 Å². The molecule has 3 aromatic rings. The second-order valence-corrected chi connectivity index (χ2v) is 5.97. The van der Waals surface area contributed by atoms with Crippen molar-refractivity contribution in [2.75, 3.05) is 18.0 Å². The average Bonchev–Trinajstić information content (AvgIpc) is 3.11. The normalized spacial score (nSPS) is 17.8. The maximum absolute atomic E-state index is 12.3. The van der Waals surface area contributed by atoms with Crippen molar-refractivity contribution in [3.8, 4) is 0 Å². The molecule has 3 aromatic heterocycles. The van der Waals surface area contributed by atoms with E-state index in [9.17, 15) is 4.79 Å². The van der Waals surface area contributed by atoms with Crippen molar-refractivity contribution in [3.63, 3.8) is 0 Å². The molecule has 4 heterocycles. The lowest BCUT2D eigenvalue weighted by Gasteiger charge is -2.34. The van der Waals surface area contributed by atoms with Crippen LogP contribution in [-0.4, -0.2) is 35.0 Å². The number of rotatable bonds is 3. The van der Waals surface area contributed by atoms with E-state index in [4.69, 9.17) is 4.42 Å². The van der Waals surface area contributed by atoms with E-state index in [0.717, 1.165) is 42.7 Å². The van der Waals surface area contributed by atoms with Gasteiger partial charge in [0.25, 0.3) is 5.91 Å². The predicted octanol–water partition coefficient (Wildman–Crippen LogP) is 2.62. The van der Waals surface area contributed by atoms with E-state index in [1.165, 1.54) is 0 Å². The molecule has 1 saturated heterocycles. The fraction of sp³-hybridized carbons (Fsp3) is 0.278. The Morgan fingerprint density at radius 2 is 2.25 bits per heavy atom. The van der Waals surface area contributed by atoms with Crippen LogP contribution in [0.15, 0.2) is 53.5 Å². The maximum Gasteiger partial charge on any atom is 0.253 e. The Hall–Kier alpha value is -2.89. The molecule has 0 aliphatic carbocycles. The van der Waals surface area contributed by atoms with Gasteiger partial charge in [0.05, 0.1) is 17.2 Å². The molecule has 24 heavy (non-hydrogen) atoms. The summed E-state index contributed by atoms with van der Waals surface area (Å²) in [5.74, 6) is 0.839. The first kappa shape index (κ1) is 14.7. The summed E-state index contributed by atoms with van der Waals surface area (Å²) in [6.07, 6.45) is 8.66. The summed E-state index contributed by atoms with van der Waals surface area (Å²) in [5, 5.41) is 4.12. The van der Waals surface area contributed by atoms with Crippen LogP contribution >= 0.6 is 0 Å². The third-order valence-corrected chi connectivity index (χ3v) is 4.34. The van der Waals surface area contributed by atoms with Crippen LogP contribution < -0.4 is 10.2 Å². The highest BCUT2D eigenvalue weighted by Gasteiger charge is 2.24. The zero-order chi connectivity index (χ0) is 16.4. The van der Waals surface area contributed by atoms with Crippen molar-refractivity contribution in [3.05, 3.63) is 54.7 Å². The van der Waals surface area contributed by atoms with Crippen molar-refractivity contribution in [1.29, 1.82) is 0 Å². The van der Waals surface area contributed by atoms with Crippen LogP contribution in [0.25, 0.3) is 11.0 Å². The van der Waals surface area contributed by atoms with E-state index in [2.05, 4.69) is 20.2 Å². The van der Waals surface area contributed by atoms with Crippen molar-refractivity contribution in [2.24, 2.45) is 0 Å². The summed E-state index contributed by atoms with van der Waals surface area (Å²) < 4.78 is 5.46. The van der Waals surface area contributed by atoms with Crippen LogP contribution in [0.2, 0.25) is 0 Å². The highest BCUT2D eigenvalue weighted by molar-refractivity contribution is 5.94. The fourth-order valence-electron chi connectivity index (χ4n) is 3.19. The number of aromatic nitrogens is 2. The molecule has 6 nitrogen and oxygen atoms in total. The second kappa shape index (κ2) is 6.31. The van der Waals surface area contributed by atoms with E-state index < -0.39 is 0 Å². The molecule has 1 aliphatic rings. The third-order valence-electron chi connectivity index (χ3n) is 4.34. The third kappa shape index (κ3) is 2.82. The number of pyridine rings is 2. The molecule has 0 spiro atoms. The van der Waals surface area contributed by atoms with Gasteiger partial charge in [-0.3, -0.25) is 9.78 Å². The van der Waals surface area contributed by atoms with Crippen LogP contribution in [0.3, 0.4) is 0 Å². The number of amides is 1. The molecule has 6 heteroatoms. The fourth-order valence-corrected chi connectivity index (χ4v) is 3.19. The second-order valence-electron chi connectivity index (χ2n) is 5.97. The molecule has 1 fully saturated rings. The first-order valence-corrected chi connectivity index (χ1v) is 8.09. The van der Waals surface area contributed by atoms with Gasteiger partial charge in [-0.1, -0.05) is 0 Å². The number of hydrogen-bond acceptors (Lipinski definition) is 5. The van der Waals surface area contributed by atoms with Gasteiger partial charge in [0.2, 0.25) is 0 Å². The zero-order valence-electron chi connectivity index (χ0n) is 13.2. The monoisotopic (exact) mass is 322 g/mol. The minimum Gasteiger partial charge on any atom is -0.464 e. The molecule has 1 aliphatic heterocycles. The number of nitrogens with zero attached hydrogens (tertiary/aromatic N) is 3. The minimum atomic E-state index is -0.0792. The van der Waals surface area contributed by atoms with Gasteiger partial charge in [-0.25, -0.2) is 4.98 Å². The number of carbonyl (C=O) groups is 1. The van der Waals surface area contributed by atoms with E-state index in [-0.39, 0.29) is 11.9 Å². The number of nitrogens with one attached hydrogen (secondary N) is 1. The Morgan fingerprint density at radius 1 is 1.29 bits per heavy atom. The van der Waals surface area contributed by atoms with Crippen LogP contribution in [-0.2, 0) is 0 Å². The quantitative estimate of drug-likeness (QED) is 0.802. The summed E-state index contributed by atoms with van der Waals surface area (Å²) in [5.41, 5.74) is 1.42. The Labute approximate surface area is 139 Å². The van der Waals surface area contributed by atoms with Gasteiger partial charge in [0.15, 0.2) is 0 Å². The molecule has 0 bridgehead atoms. The SMILES string of the molecule is O=C(NC1CCCN(c2nccc3occc23)C1)c1cccnc1. The lowest BCUT2D eigenvalue weighted by Crippen LogP contribution is -2.48. The highest BCUT2D eigenvalue weighted by Crippen LogP contribution is 2.27. The Kier molecular flexibility index (Phi) is 3.86. The van der Waals surface area contributed by atoms with Crippen molar-refractivity contribution in [1.82, 2.24) is 15.3 Å². The summed E-state index contributed by atoms with van der Waals surface area (Å²) in [6, 6.07) is 7.44.